The molecule has 2 aromatic rings. The van der Waals surface area contributed by atoms with Crippen molar-refractivity contribution in [2.24, 2.45) is 0 Å². The number of nitrogens with zero attached hydrogens (tertiary/aromatic N) is 3. The average Bonchev–Trinajstić information content (AvgIpc) is 3.12. The van der Waals surface area contributed by atoms with E-state index in [9.17, 15) is 4.79 Å². The zero-order chi connectivity index (χ0) is 27.3. The van der Waals surface area contributed by atoms with Gasteiger partial charge in [-0.2, -0.15) is 0 Å². The van der Waals surface area contributed by atoms with Gasteiger partial charge in [0.2, 0.25) is 5.60 Å². The molecule has 38 heavy (non-hydrogen) atoms. The lowest BCUT2D eigenvalue weighted by Crippen LogP contribution is -2.53. The summed E-state index contributed by atoms with van der Waals surface area (Å²) >= 11 is 0. The van der Waals surface area contributed by atoms with Crippen molar-refractivity contribution in [1.29, 1.82) is 0 Å². The Labute approximate surface area is 230 Å². The van der Waals surface area contributed by atoms with E-state index in [2.05, 4.69) is 97.9 Å². The molecule has 0 saturated carbocycles. The number of fused-ring (bicyclic) bond motifs is 2. The summed E-state index contributed by atoms with van der Waals surface area (Å²) in [6.07, 6.45) is 6.99. The van der Waals surface area contributed by atoms with Crippen molar-refractivity contribution in [2.75, 3.05) is 31.6 Å². The lowest BCUT2D eigenvalue weighted by atomic mass is 9.78. The third kappa shape index (κ3) is 6.74. The van der Waals surface area contributed by atoms with Gasteiger partial charge in [-0.15, -0.1) is 6.58 Å². The normalized spacial score (nSPS) is 22.9. The van der Waals surface area contributed by atoms with Gasteiger partial charge in [-0.1, -0.05) is 61.5 Å². The van der Waals surface area contributed by atoms with Crippen LogP contribution in [0, 0.1) is 6.92 Å². The maximum atomic E-state index is 13.0. The first kappa shape index (κ1) is 28.1. The van der Waals surface area contributed by atoms with E-state index in [1.807, 2.05) is 18.7 Å². The number of piperidine rings is 1. The van der Waals surface area contributed by atoms with E-state index in [4.69, 9.17) is 4.74 Å². The molecule has 204 valence electrons. The third-order valence-electron chi connectivity index (χ3n) is 8.40. The molecule has 2 aliphatic heterocycles. The largest absolute Gasteiger partial charge is 0.414 e. The molecule has 5 nitrogen and oxygen atoms in total. The van der Waals surface area contributed by atoms with Crippen molar-refractivity contribution in [3.63, 3.8) is 0 Å². The van der Waals surface area contributed by atoms with Gasteiger partial charge in [-0.25, -0.2) is 4.79 Å². The number of hydrogen-bond acceptors (Lipinski definition) is 4. The number of para-hydroxylation sites is 1. The Morgan fingerprint density at radius 1 is 1.05 bits per heavy atom. The summed E-state index contributed by atoms with van der Waals surface area (Å²) in [5.74, 6) is 0. The van der Waals surface area contributed by atoms with E-state index in [-0.39, 0.29) is 17.6 Å². The summed E-state index contributed by atoms with van der Waals surface area (Å²) in [5, 5.41) is 0. The lowest BCUT2D eigenvalue weighted by molar-refractivity contribution is 0.0125. The SMILES string of the molecule is C=CCN(C(=O)OC([CH2+])(C)C)C1CC2CCC(C1)N2CC[C@](C)(CN(C)c1ccccc1)c1ccccc1. The van der Waals surface area contributed by atoms with Crippen molar-refractivity contribution >= 4 is 11.8 Å². The van der Waals surface area contributed by atoms with E-state index >= 15 is 0 Å². The van der Waals surface area contributed by atoms with Gasteiger partial charge in [0, 0.05) is 63.2 Å². The van der Waals surface area contributed by atoms with Crippen molar-refractivity contribution in [1.82, 2.24) is 9.80 Å². The van der Waals surface area contributed by atoms with Crippen LogP contribution in [0.3, 0.4) is 0 Å². The first-order valence-corrected chi connectivity index (χ1v) is 14.1. The van der Waals surface area contributed by atoms with Crippen LogP contribution in [0.2, 0.25) is 0 Å². The van der Waals surface area contributed by atoms with Crippen LogP contribution in [0.1, 0.15) is 58.4 Å². The van der Waals surface area contributed by atoms with Gasteiger partial charge in [-0.05, 0) is 56.3 Å². The van der Waals surface area contributed by atoms with Crippen LogP contribution < -0.4 is 4.90 Å². The summed E-state index contributed by atoms with van der Waals surface area (Å²) in [6.45, 7) is 16.4. The van der Waals surface area contributed by atoms with Crippen LogP contribution in [0.25, 0.3) is 0 Å². The van der Waals surface area contributed by atoms with Gasteiger partial charge >= 0.3 is 6.09 Å². The number of ether oxygens (including phenoxy) is 1. The van der Waals surface area contributed by atoms with E-state index in [1.165, 1.54) is 24.1 Å². The highest BCUT2D eigenvalue weighted by Gasteiger charge is 2.44. The number of anilines is 1. The predicted molar refractivity (Wildman–Crippen MR) is 157 cm³/mol. The molecule has 2 aliphatic rings. The molecule has 2 fully saturated rings. The van der Waals surface area contributed by atoms with Gasteiger partial charge in [0.25, 0.3) is 0 Å². The summed E-state index contributed by atoms with van der Waals surface area (Å²) in [6, 6.07) is 22.8. The highest BCUT2D eigenvalue weighted by molar-refractivity contribution is 5.69. The molecule has 5 heteroatoms. The van der Waals surface area contributed by atoms with Gasteiger partial charge in [0.05, 0.1) is 0 Å². The first-order valence-electron chi connectivity index (χ1n) is 14.1. The molecular formula is C33H46N3O2+. The molecule has 2 heterocycles. The molecule has 0 spiro atoms. The lowest BCUT2D eigenvalue weighted by Gasteiger charge is -2.44. The first-order chi connectivity index (χ1) is 18.1. The fourth-order valence-electron chi connectivity index (χ4n) is 6.50. The standard InChI is InChI=1S/C33H46N3O2/c1-7-21-36(31(37)38-32(2,3)4)30-23-28-18-19-29(24-30)35(28)22-20-33(5,26-14-10-8-11-15-26)25-34(6)27-16-12-9-13-17-27/h7-17,28-30H,1-2,18-25H2,3-6H3/q+1/t28?,29?,30?,33-/m1/s1. The number of carbonyl (C=O) groups is 1. The van der Waals surface area contributed by atoms with Gasteiger partial charge in [0.1, 0.15) is 6.92 Å². The maximum Gasteiger partial charge on any atom is 0.414 e. The van der Waals surface area contributed by atoms with Crippen LogP contribution in [-0.2, 0) is 10.2 Å². The molecule has 2 bridgehead atoms. The maximum absolute atomic E-state index is 13.0. The second-order valence-corrected chi connectivity index (χ2v) is 12.2. The molecule has 3 atom stereocenters. The van der Waals surface area contributed by atoms with Crippen LogP contribution >= 0.6 is 0 Å². The monoisotopic (exact) mass is 516 g/mol. The van der Waals surface area contributed by atoms with E-state index in [0.29, 0.717) is 18.6 Å². The Morgan fingerprint density at radius 3 is 2.18 bits per heavy atom. The van der Waals surface area contributed by atoms with Crippen LogP contribution in [0.4, 0.5) is 10.5 Å². The van der Waals surface area contributed by atoms with Crippen molar-refractivity contribution in [2.45, 2.75) is 82.0 Å². The number of rotatable bonds is 11. The Bertz CT molecular complexity index is 1040. The minimum Gasteiger partial charge on any atom is -0.403 e. The van der Waals surface area contributed by atoms with Crippen LogP contribution in [0.5, 0.6) is 0 Å². The van der Waals surface area contributed by atoms with E-state index in [0.717, 1.165) is 32.4 Å². The number of carbonyl (C=O) groups excluding carboxylic acids is 1. The summed E-state index contributed by atoms with van der Waals surface area (Å²) in [5.41, 5.74) is 1.90. The summed E-state index contributed by atoms with van der Waals surface area (Å²) in [4.78, 5) is 20.0. The third-order valence-corrected chi connectivity index (χ3v) is 8.40. The average molecular weight is 517 g/mol. The smallest absolute Gasteiger partial charge is 0.403 e. The zero-order valence-corrected chi connectivity index (χ0v) is 23.8. The zero-order valence-electron chi connectivity index (χ0n) is 23.8. The van der Waals surface area contributed by atoms with Gasteiger partial charge in [-0.3, -0.25) is 4.90 Å². The van der Waals surface area contributed by atoms with E-state index in [1.54, 1.807) is 6.08 Å². The number of hydrogen-bond donors (Lipinski definition) is 0. The van der Waals surface area contributed by atoms with Crippen LogP contribution in [-0.4, -0.2) is 66.3 Å². The minimum atomic E-state index is -0.745. The fraction of sp³-hybridized carbons (Fsp3) is 0.515. The fourth-order valence-corrected chi connectivity index (χ4v) is 6.50. The van der Waals surface area contributed by atoms with Crippen LogP contribution in [0.15, 0.2) is 73.3 Å². The molecule has 1 amide bonds. The Balaban J connectivity index is 1.46. The molecule has 0 aromatic heterocycles. The van der Waals surface area contributed by atoms with Gasteiger partial charge in [0.15, 0.2) is 0 Å². The van der Waals surface area contributed by atoms with Crippen molar-refractivity contribution in [3.8, 4) is 0 Å². The quantitative estimate of drug-likeness (QED) is 0.246. The van der Waals surface area contributed by atoms with Crippen molar-refractivity contribution < 1.29 is 9.53 Å². The number of likely N-dealkylation sites (N-methyl/N-ethyl adjacent to an activating group) is 1. The Kier molecular flexibility index (Phi) is 8.77. The highest BCUT2D eigenvalue weighted by atomic mass is 16.6. The van der Waals surface area contributed by atoms with Gasteiger partial charge < -0.3 is 14.5 Å². The predicted octanol–water partition coefficient (Wildman–Crippen LogP) is 6.70. The molecule has 2 aromatic carbocycles. The van der Waals surface area contributed by atoms with E-state index < -0.39 is 5.60 Å². The molecule has 2 saturated heterocycles. The summed E-state index contributed by atoms with van der Waals surface area (Å²) in [7, 11) is 2.20. The minimum absolute atomic E-state index is 0.0144. The Morgan fingerprint density at radius 2 is 1.63 bits per heavy atom. The second-order valence-electron chi connectivity index (χ2n) is 12.2. The van der Waals surface area contributed by atoms with Crippen molar-refractivity contribution in [3.05, 3.63) is 85.8 Å². The molecular weight excluding hydrogens is 470 g/mol. The molecule has 4 rings (SSSR count). The molecule has 0 radical (unpaired) electrons. The number of benzene rings is 2. The number of amides is 1. The molecule has 2 unspecified atom stereocenters. The topological polar surface area (TPSA) is 36.0 Å². The second kappa shape index (κ2) is 11.9. The molecule has 0 aliphatic carbocycles. The highest BCUT2D eigenvalue weighted by Crippen LogP contribution is 2.40. The Hall–Kier alpha value is -2.92. The molecule has 0 N–H and O–H groups in total. The summed E-state index contributed by atoms with van der Waals surface area (Å²) < 4.78 is 5.65.